The molecule has 0 heterocycles. The second-order valence-corrected chi connectivity index (χ2v) is 9.27. The molecule has 0 saturated heterocycles. The minimum atomic E-state index is -4.08. The van der Waals surface area contributed by atoms with Gasteiger partial charge in [-0.3, -0.25) is 9.44 Å². The van der Waals surface area contributed by atoms with Gasteiger partial charge < -0.3 is 5.11 Å². The molecule has 0 spiro atoms. The predicted octanol–water partition coefficient (Wildman–Crippen LogP) is 2.52. The third-order valence-electron chi connectivity index (χ3n) is 3.24. The van der Waals surface area contributed by atoms with E-state index in [0.29, 0.717) is 5.56 Å². The summed E-state index contributed by atoms with van der Waals surface area (Å²) in [5.41, 5.74) is 0.390. The van der Waals surface area contributed by atoms with Crippen molar-refractivity contribution in [3.05, 3.63) is 52.5 Å². The number of rotatable bonds is 6. The van der Waals surface area contributed by atoms with Gasteiger partial charge >= 0.3 is 5.97 Å². The summed E-state index contributed by atoms with van der Waals surface area (Å²) < 4.78 is 52.1. The fourth-order valence-corrected chi connectivity index (χ4v) is 4.28. The summed E-state index contributed by atoms with van der Waals surface area (Å²) in [4.78, 5) is 10.9. The van der Waals surface area contributed by atoms with Crippen LogP contribution in [-0.4, -0.2) is 34.2 Å². The summed E-state index contributed by atoms with van der Waals surface area (Å²) in [5, 5.41) is 9.02. The normalized spacial score (nSPS) is 11.8. The molecule has 140 valence electrons. The average molecular weight is 419 g/mol. The smallest absolute Gasteiger partial charge is 0.335 e. The standard InChI is InChI=1S/C15H15ClN2O6S2/c1-9-3-4-10(15(19)20)7-14(9)26(23,24)17-11-5-6-13(12(16)8-11)18-25(2,21)22/h3-8,17-18H,1-2H3,(H,19,20). The predicted molar refractivity (Wildman–Crippen MR) is 98.9 cm³/mol. The molecule has 0 saturated carbocycles. The topological polar surface area (TPSA) is 130 Å². The molecular formula is C15H15ClN2O6S2. The van der Waals surface area contributed by atoms with Crippen LogP contribution in [0.3, 0.4) is 0 Å². The van der Waals surface area contributed by atoms with Gasteiger partial charge in [0, 0.05) is 0 Å². The second-order valence-electron chi connectivity index (χ2n) is 5.46. The summed E-state index contributed by atoms with van der Waals surface area (Å²) in [7, 11) is -7.61. The summed E-state index contributed by atoms with van der Waals surface area (Å²) in [5.74, 6) is -1.25. The maximum atomic E-state index is 12.6. The Balaban J connectivity index is 2.37. The fourth-order valence-electron chi connectivity index (χ4n) is 2.09. The van der Waals surface area contributed by atoms with Crippen LogP contribution in [0.2, 0.25) is 5.02 Å². The van der Waals surface area contributed by atoms with Gasteiger partial charge in [0.05, 0.1) is 33.1 Å². The second kappa shape index (κ2) is 7.14. The van der Waals surface area contributed by atoms with E-state index in [9.17, 15) is 21.6 Å². The number of carboxylic acid groups (broad SMARTS) is 1. The van der Waals surface area contributed by atoms with Gasteiger partial charge in [-0.1, -0.05) is 17.7 Å². The van der Waals surface area contributed by atoms with Crippen molar-refractivity contribution >= 4 is 49.0 Å². The first-order valence-corrected chi connectivity index (χ1v) is 10.8. The van der Waals surface area contributed by atoms with Crippen LogP contribution in [0.4, 0.5) is 11.4 Å². The molecule has 11 heteroatoms. The lowest BCUT2D eigenvalue weighted by Crippen LogP contribution is -2.15. The van der Waals surface area contributed by atoms with Gasteiger partial charge in [0.1, 0.15) is 0 Å². The molecule has 0 aliphatic rings. The van der Waals surface area contributed by atoms with Crippen molar-refractivity contribution in [2.75, 3.05) is 15.7 Å². The largest absolute Gasteiger partial charge is 0.478 e. The van der Waals surface area contributed by atoms with Crippen LogP contribution in [-0.2, 0) is 20.0 Å². The van der Waals surface area contributed by atoms with Crippen molar-refractivity contribution in [3.63, 3.8) is 0 Å². The fraction of sp³-hybridized carbons (Fsp3) is 0.133. The van der Waals surface area contributed by atoms with Crippen LogP contribution in [0.5, 0.6) is 0 Å². The van der Waals surface area contributed by atoms with Gasteiger partial charge in [-0.2, -0.15) is 0 Å². The van der Waals surface area contributed by atoms with Crippen LogP contribution in [0.15, 0.2) is 41.3 Å². The van der Waals surface area contributed by atoms with E-state index in [2.05, 4.69) is 9.44 Å². The first-order chi connectivity index (χ1) is 11.9. The highest BCUT2D eigenvalue weighted by Crippen LogP contribution is 2.28. The molecule has 0 aromatic heterocycles. The molecule has 2 aromatic rings. The third kappa shape index (κ3) is 4.87. The average Bonchev–Trinajstić information content (AvgIpc) is 2.48. The van der Waals surface area contributed by atoms with E-state index in [1.807, 2.05) is 0 Å². The number of aryl methyl sites for hydroxylation is 1. The van der Waals surface area contributed by atoms with E-state index >= 15 is 0 Å². The lowest BCUT2D eigenvalue weighted by atomic mass is 10.1. The molecule has 26 heavy (non-hydrogen) atoms. The van der Waals surface area contributed by atoms with Crippen molar-refractivity contribution in [1.29, 1.82) is 0 Å². The number of hydrogen-bond donors (Lipinski definition) is 3. The van der Waals surface area contributed by atoms with Crippen molar-refractivity contribution in [2.24, 2.45) is 0 Å². The number of anilines is 2. The third-order valence-corrected chi connectivity index (χ3v) is 5.67. The summed E-state index contributed by atoms with van der Waals surface area (Å²) in [6, 6.07) is 7.63. The molecule has 0 aliphatic carbocycles. The van der Waals surface area contributed by atoms with Gasteiger partial charge in [-0.25, -0.2) is 21.6 Å². The molecule has 0 aliphatic heterocycles. The molecule has 2 rings (SSSR count). The Morgan fingerprint density at radius 3 is 2.23 bits per heavy atom. The Bertz CT molecular complexity index is 1080. The summed E-state index contributed by atoms with van der Waals surface area (Å²) >= 11 is 5.97. The molecule has 0 atom stereocenters. The molecule has 0 bridgehead atoms. The number of aromatic carboxylic acids is 1. The van der Waals surface area contributed by atoms with Gasteiger partial charge in [-0.05, 0) is 42.8 Å². The van der Waals surface area contributed by atoms with Gasteiger partial charge in [0.2, 0.25) is 10.0 Å². The summed E-state index contributed by atoms with van der Waals surface area (Å²) in [6.45, 7) is 1.53. The highest BCUT2D eigenvalue weighted by Gasteiger charge is 2.20. The van der Waals surface area contributed by atoms with Crippen LogP contribution in [0.25, 0.3) is 0 Å². The Hall–Kier alpha value is -2.30. The maximum Gasteiger partial charge on any atom is 0.335 e. The van der Waals surface area contributed by atoms with Crippen molar-refractivity contribution in [3.8, 4) is 0 Å². The number of carboxylic acids is 1. The van der Waals surface area contributed by atoms with E-state index in [1.54, 1.807) is 0 Å². The van der Waals surface area contributed by atoms with Crippen LogP contribution < -0.4 is 9.44 Å². The van der Waals surface area contributed by atoms with E-state index in [4.69, 9.17) is 16.7 Å². The molecular weight excluding hydrogens is 404 g/mol. The Kier molecular flexibility index (Phi) is 5.49. The molecule has 8 nitrogen and oxygen atoms in total. The number of hydrogen-bond acceptors (Lipinski definition) is 5. The van der Waals surface area contributed by atoms with E-state index < -0.39 is 26.0 Å². The number of benzene rings is 2. The molecule has 0 amide bonds. The van der Waals surface area contributed by atoms with Gasteiger partial charge in [-0.15, -0.1) is 0 Å². The molecule has 0 radical (unpaired) electrons. The van der Waals surface area contributed by atoms with Crippen LogP contribution >= 0.6 is 11.6 Å². The van der Waals surface area contributed by atoms with E-state index in [1.165, 1.54) is 37.3 Å². The quantitative estimate of drug-likeness (QED) is 0.660. The zero-order valence-electron chi connectivity index (χ0n) is 13.6. The molecule has 2 aromatic carbocycles. The summed E-state index contributed by atoms with van der Waals surface area (Å²) in [6.07, 6.45) is 0.957. The lowest BCUT2D eigenvalue weighted by Gasteiger charge is -2.13. The number of sulfonamides is 2. The molecule has 3 N–H and O–H groups in total. The molecule has 0 unspecified atom stereocenters. The molecule has 0 fully saturated rings. The van der Waals surface area contributed by atoms with Crippen molar-refractivity contribution in [2.45, 2.75) is 11.8 Å². The van der Waals surface area contributed by atoms with Crippen molar-refractivity contribution < 1.29 is 26.7 Å². The zero-order valence-corrected chi connectivity index (χ0v) is 16.0. The first-order valence-electron chi connectivity index (χ1n) is 7.03. The monoisotopic (exact) mass is 418 g/mol. The number of nitrogens with one attached hydrogen (secondary N) is 2. The first kappa shape index (κ1) is 20.0. The highest BCUT2D eigenvalue weighted by molar-refractivity contribution is 7.92. The minimum absolute atomic E-state index is 0.00775. The maximum absolute atomic E-state index is 12.6. The Morgan fingerprint density at radius 1 is 1.04 bits per heavy atom. The number of carbonyl (C=O) groups is 1. The number of halogens is 1. The van der Waals surface area contributed by atoms with E-state index in [0.717, 1.165) is 12.3 Å². The Morgan fingerprint density at radius 2 is 1.69 bits per heavy atom. The SMILES string of the molecule is Cc1ccc(C(=O)O)cc1S(=O)(=O)Nc1ccc(NS(C)(=O)=O)c(Cl)c1. The Labute approximate surface area is 155 Å². The highest BCUT2D eigenvalue weighted by atomic mass is 35.5. The van der Waals surface area contributed by atoms with Crippen LogP contribution in [0.1, 0.15) is 15.9 Å². The van der Waals surface area contributed by atoms with E-state index in [-0.39, 0.29) is 26.9 Å². The lowest BCUT2D eigenvalue weighted by molar-refractivity contribution is 0.0696. The van der Waals surface area contributed by atoms with Gasteiger partial charge in [0.25, 0.3) is 10.0 Å². The zero-order chi connectivity index (χ0) is 19.7. The van der Waals surface area contributed by atoms with Crippen molar-refractivity contribution in [1.82, 2.24) is 0 Å². The minimum Gasteiger partial charge on any atom is -0.478 e. The van der Waals surface area contributed by atoms with Crippen LogP contribution in [0, 0.1) is 6.92 Å². The van der Waals surface area contributed by atoms with Gasteiger partial charge in [0.15, 0.2) is 0 Å².